The minimum absolute atomic E-state index is 0.0467. The molecule has 4 nitrogen and oxygen atoms in total. The second-order valence-electron chi connectivity index (χ2n) is 3.97. The van der Waals surface area contributed by atoms with Crippen molar-refractivity contribution >= 4 is 11.7 Å². The number of halogens is 4. The summed E-state index contributed by atoms with van der Waals surface area (Å²) >= 11 is 0. The van der Waals surface area contributed by atoms with Crippen LogP contribution in [0.5, 0.6) is 0 Å². The first kappa shape index (κ1) is 16.2. The molecule has 0 saturated carbocycles. The summed E-state index contributed by atoms with van der Waals surface area (Å²) in [7, 11) is 1.38. The third-order valence-corrected chi connectivity index (χ3v) is 2.51. The number of ether oxygens (including phenoxy) is 1. The Labute approximate surface area is 112 Å². The van der Waals surface area contributed by atoms with Crippen molar-refractivity contribution < 1.29 is 32.2 Å². The van der Waals surface area contributed by atoms with Crippen LogP contribution < -0.4 is 4.90 Å². The van der Waals surface area contributed by atoms with E-state index in [1.807, 2.05) is 0 Å². The number of aliphatic carboxylic acids is 1. The first-order valence-corrected chi connectivity index (χ1v) is 5.58. The van der Waals surface area contributed by atoms with Gasteiger partial charge in [0, 0.05) is 13.7 Å². The molecule has 1 aromatic rings. The molecular formula is C12H13F4NO3. The molecular weight excluding hydrogens is 282 g/mol. The average Bonchev–Trinajstić information content (AvgIpc) is 2.33. The van der Waals surface area contributed by atoms with E-state index in [1.165, 1.54) is 7.11 Å². The van der Waals surface area contributed by atoms with Crippen LogP contribution in [0.25, 0.3) is 0 Å². The smallest absolute Gasteiger partial charge is 0.416 e. The van der Waals surface area contributed by atoms with E-state index in [1.54, 1.807) is 0 Å². The molecule has 112 valence electrons. The van der Waals surface area contributed by atoms with Crippen LogP contribution in [-0.4, -0.2) is 37.9 Å². The van der Waals surface area contributed by atoms with E-state index >= 15 is 0 Å². The van der Waals surface area contributed by atoms with Gasteiger partial charge >= 0.3 is 12.1 Å². The van der Waals surface area contributed by atoms with Crippen LogP contribution in [0.2, 0.25) is 0 Å². The molecule has 0 amide bonds. The lowest BCUT2D eigenvalue weighted by molar-refractivity contribution is -0.138. The number of nitrogens with zero attached hydrogens (tertiary/aromatic N) is 1. The predicted molar refractivity (Wildman–Crippen MR) is 63.1 cm³/mol. The molecule has 0 atom stereocenters. The fourth-order valence-corrected chi connectivity index (χ4v) is 1.59. The number of hydrogen-bond donors (Lipinski definition) is 1. The Morgan fingerprint density at radius 3 is 2.50 bits per heavy atom. The zero-order valence-corrected chi connectivity index (χ0v) is 10.6. The first-order chi connectivity index (χ1) is 9.25. The maximum Gasteiger partial charge on any atom is 0.416 e. The van der Waals surface area contributed by atoms with Crippen molar-refractivity contribution in [2.24, 2.45) is 0 Å². The summed E-state index contributed by atoms with van der Waals surface area (Å²) in [5.74, 6) is -2.35. The van der Waals surface area contributed by atoms with Crippen molar-refractivity contribution in [3.05, 3.63) is 29.6 Å². The quantitative estimate of drug-likeness (QED) is 0.819. The molecule has 0 saturated heterocycles. The lowest BCUT2D eigenvalue weighted by atomic mass is 10.1. The van der Waals surface area contributed by atoms with Gasteiger partial charge in [-0.1, -0.05) is 0 Å². The van der Waals surface area contributed by atoms with Gasteiger partial charge in [0.25, 0.3) is 0 Å². The topological polar surface area (TPSA) is 49.8 Å². The standard InChI is InChI=1S/C12H13F4NO3/c1-20-5-4-17(7-11(18)19)10-3-2-8(6-9(10)13)12(14,15)16/h2-3,6H,4-5,7H2,1H3,(H,18,19). The SMILES string of the molecule is COCCN(CC(=O)O)c1ccc(C(F)(F)F)cc1F. The molecule has 1 aromatic carbocycles. The van der Waals surface area contributed by atoms with E-state index in [4.69, 9.17) is 9.84 Å². The van der Waals surface area contributed by atoms with E-state index in [9.17, 15) is 22.4 Å². The number of carboxylic acids is 1. The number of benzene rings is 1. The molecule has 0 heterocycles. The molecule has 0 spiro atoms. The number of carbonyl (C=O) groups is 1. The molecule has 0 aliphatic heterocycles. The van der Waals surface area contributed by atoms with Gasteiger partial charge in [-0.3, -0.25) is 4.79 Å². The maximum atomic E-state index is 13.7. The summed E-state index contributed by atoms with van der Waals surface area (Å²) < 4.78 is 55.7. The molecule has 0 unspecified atom stereocenters. The van der Waals surface area contributed by atoms with E-state index in [2.05, 4.69) is 0 Å². The van der Waals surface area contributed by atoms with Gasteiger partial charge in [0.2, 0.25) is 0 Å². The molecule has 20 heavy (non-hydrogen) atoms. The zero-order valence-electron chi connectivity index (χ0n) is 10.6. The van der Waals surface area contributed by atoms with Crippen LogP contribution >= 0.6 is 0 Å². The van der Waals surface area contributed by atoms with Crippen LogP contribution in [0.4, 0.5) is 23.2 Å². The Balaban J connectivity index is 3.04. The molecule has 8 heteroatoms. The van der Waals surface area contributed by atoms with Gasteiger partial charge in [-0.05, 0) is 18.2 Å². The summed E-state index contributed by atoms with van der Waals surface area (Å²) in [5.41, 5.74) is -1.33. The largest absolute Gasteiger partial charge is 0.480 e. The van der Waals surface area contributed by atoms with E-state index in [-0.39, 0.29) is 18.8 Å². The van der Waals surface area contributed by atoms with Gasteiger partial charge in [0.1, 0.15) is 12.4 Å². The zero-order chi connectivity index (χ0) is 15.3. The van der Waals surface area contributed by atoms with Crippen molar-refractivity contribution in [1.82, 2.24) is 0 Å². The van der Waals surface area contributed by atoms with Crippen LogP contribution in [0, 0.1) is 5.82 Å². The fraction of sp³-hybridized carbons (Fsp3) is 0.417. The van der Waals surface area contributed by atoms with Crippen molar-refractivity contribution in [3.8, 4) is 0 Å². The monoisotopic (exact) mass is 295 g/mol. The average molecular weight is 295 g/mol. The second-order valence-corrected chi connectivity index (χ2v) is 3.97. The van der Waals surface area contributed by atoms with Gasteiger partial charge in [-0.25, -0.2) is 4.39 Å². The second kappa shape index (κ2) is 6.56. The summed E-state index contributed by atoms with van der Waals surface area (Å²) in [6, 6.07) is 1.97. The summed E-state index contributed by atoms with van der Waals surface area (Å²) in [6.45, 7) is -0.371. The number of hydrogen-bond acceptors (Lipinski definition) is 3. The van der Waals surface area contributed by atoms with Gasteiger partial charge in [0.05, 0.1) is 17.9 Å². The Morgan fingerprint density at radius 2 is 2.05 bits per heavy atom. The number of carboxylic acid groups (broad SMARTS) is 1. The Kier molecular flexibility index (Phi) is 5.32. The van der Waals surface area contributed by atoms with E-state index in [0.29, 0.717) is 12.1 Å². The van der Waals surface area contributed by atoms with Crippen LogP contribution in [0.3, 0.4) is 0 Å². The number of anilines is 1. The van der Waals surface area contributed by atoms with Crippen molar-refractivity contribution in [1.29, 1.82) is 0 Å². The highest BCUT2D eigenvalue weighted by Gasteiger charge is 2.31. The predicted octanol–water partition coefficient (Wildman–Crippen LogP) is 2.38. The Bertz CT molecular complexity index is 476. The lowest BCUT2D eigenvalue weighted by Gasteiger charge is -2.23. The molecule has 1 N–H and O–H groups in total. The summed E-state index contributed by atoms with van der Waals surface area (Å²) in [6.07, 6.45) is -4.65. The molecule has 0 bridgehead atoms. The highest BCUT2D eigenvalue weighted by atomic mass is 19.4. The van der Waals surface area contributed by atoms with Crippen molar-refractivity contribution in [2.75, 3.05) is 31.7 Å². The van der Waals surface area contributed by atoms with Crippen LogP contribution in [-0.2, 0) is 15.7 Å². The van der Waals surface area contributed by atoms with Crippen molar-refractivity contribution in [3.63, 3.8) is 0 Å². The lowest BCUT2D eigenvalue weighted by Crippen LogP contribution is -2.33. The number of rotatable bonds is 6. The van der Waals surface area contributed by atoms with E-state index in [0.717, 1.165) is 11.0 Å². The summed E-state index contributed by atoms with van der Waals surface area (Å²) in [5, 5.41) is 8.73. The van der Waals surface area contributed by atoms with Gasteiger partial charge in [-0.15, -0.1) is 0 Å². The first-order valence-electron chi connectivity index (χ1n) is 5.58. The van der Waals surface area contributed by atoms with Crippen LogP contribution in [0.1, 0.15) is 5.56 Å². The maximum absolute atomic E-state index is 13.7. The summed E-state index contributed by atoms with van der Waals surface area (Å²) in [4.78, 5) is 11.8. The number of methoxy groups -OCH3 is 1. The Morgan fingerprint density at radius 1 is 1.40 bits per heavy atom. The van der Waals surface area contributed by atoms with Gasteiger partial charge in [0.15, 0.2) is 0 Å². The third-order valence-electron chi connectivity index (χ3n) is 2.51. The third kappa shape index (κ3) is 4.37. The minimum Gasteiger partial charge on any atom is -0.480 e. The highest BCUT2D eigenvalue weighted by Crippen LogP contribution is 2.32. The fourth-order valence-electron chi connectivity index (χ4n) is 1.59. The van der Waals surface area contributed by atoms with Gasteiger partial charge in [-0.2, -0.15) is 13.2 Å². The molecule has 0 radical (unpaired) electrons. The molecule has 0 aliphatic carbocycles. The van der Waals surface area contributed by atoms with Crippen molar-refractivity contribution in [2.45, 2.75) is 6.18 Å². The van der Waals surface area contributed by atoms with Crippen LogP contribution in [0.15, 0.2) is 18.2 Å². The molecule has 0 fully saturated rings. The highest BCUT2D eigenvalue weighted by molar-refractivity contribution is 5.73. The molecule has 1 rings (SSSR count). The van der Waals surface area contributed by atoms with Gasteiger partial charge < -0.3 is 14.7 Å². The minimum atomic E-state index is -4.65. The normalized spacial score (nSPS) is 11.4. The Hall–Kier alpha value is -1.83. The molecule has 0 aliphatic rings. The molecule has 0 aromatic heterocycles. The van der Waals surface area contributed by atoms with E-state index < -0.39 is 30.1 Å². The number of alkyl halides is 3.